The summed E-state index contributed by atoms with van der Waals surface area (Å²) < 4.78 is 11.3. The molecule has 0 spiro atoms. The monoisotopic (exact) mass is 291 g/mol. The third kappa shape index (κ3) is 4.21. The van der Waals surface area contributed by atoms with Crippen LogP contribution in [0.5, 0.6) is 5.75 Å². The van der Waals surface area contributed by atoms with Crippen molar-refractivity contribution in [1.29, 1.82) is 0 Å². The zero-order valence-electron chi connectivity index (χ0n) is 13.4. The number of hydrogen-bond acceptors (Lipinski definition) is 3. The molecule has 0 aliphatic carbocycles. The van der Waals surface area contributed by atoms with Gasteiger partial charge in [0, 0.05) is 6.54 Å². The fraction of sp³-hybridized carbons (Fsp3) is 0.588. The Morgan fingerprint density at radius 3 is 2.86 bits per heavy atom. The summed E-state index contributed by atoms with van der Waals surface area (Å²) in [5, 5.41) is 0. The fourth-order valence-electron chi connectivity index (χ4n) is 2.60. The molecule has 0 saturated carbocycles. The molecule has 21 heavy (non-hydrogen) atoms. The topological polar surface area (TPSA) is 38.8 Å². The molecule has 0 N–H and O–H groups in total. The van der Waals surface area contributed by atoms with Gasteiger partial charge in [-0.2, -0.15) is 0 Å². The van der Waals surface area contributed by atoms with E-state index < -0.39 is 0 Å². The van der Waals surface area contributed by atoms with E-state index in [1.165, 1.54) is 5.56 Å². The number of carbonyl (C=O) groups excluding carboxylic acids is 1. The molecule has 4 nitrogen and oxygen atoms in total. The second-order valence-electron chi connectivity index (χ2n) is 5.91. The Balaban J connectivity index is 1.83. The predicted molar refractivity (Wildman–Crippen MR) is 82.6 cm³/mol. The molecule has 1 aliphatic rings. The zero-order chi connectivity index (χ0) is 15.4. The van der Waals surface area contributed by atoms with E-state index in [-0.39, 0.29) is 18.1 Å². The van der Waals surface area contributed by atoms with Gasteiger partial charge in [-0.15, -0.1) is 0 Å². The van der Waals surface area contributed by atoms with E-state index in [9.17, 15) is 4.79 Å². The number of morpholine rings is 1. The molecule has 4 heteroatoms. The van der Waals surface area contributed by atoms with Gasteiger partial charge in [-0.1, -0.05) is 17.7 Å². The summed E-state index contributed by atoms with van der Waals surface area (Å²) in [6.45, 7) is 9.81. The van der Waals surface area contributed by atoms with Gasteiger partial charge in [-0.3, -0.25) is 4.79 Å². The fourth-order valence-corrected chi connectivity index (χ4v) is 2.60. The van der Waals surface area contributed by atoms with Crippen molar-refractivity contribution in [2.24, 2.45) is 0 Å². The lowest BCUT2D eigenvalue weighted by Gasteiger charge is -2.36. The van der Waals surface area contributed by atoms with Crippen LogP contribution >= 0.6 is 0 Å². The number of rotatable bonds is 4. The lowest BCUT2D eigenvalue weighted by atomic mass is 10.1. The van der Waals surface area contributed by atoms with E-state index in [1.54, 1.807) is 0 Å². The van der Waals surface area contributed by atoms with Gasteiger partial charge < -0.3 is 14.4 Å². The first-order valence-electron chi connectivity index (χ1n) is 7.58. The first kappa shape index (κ1) is 15.8. The Hall–Kier alpha value is -1.55. The molecule has 1 saturated heterocycles. The largest absolute Gasteiger partial charge is 0.493 e. The summed E-state index contributed by atoms with van der Waals surface area (Å²) in [5.74, 6) is 0.999. The molecule has 1 aliphatic heterocycles. The molecular weight excluding hydrogens is 266 g/mol. The van der Waals surface area contributed by atoms with Crippen LogP contribution in [0.2, 0.25) is 0 Å². The SMILES string of the molecule is Cc1ccc(OCCC(=O)N2CC(C)OCC2C)c(C)c1. The van der Waals surface area contributed by atoms with E-state index in [1.807, 2.05) is 37.8 Å². The standard InChI is InChI=1S/C17H25NO3/c1-12-5-6-16(13(2)9-12)20-8-7-17(19)18-10-15(4)21-11-14(18)3/h5-6,9,14-15H,7-8,10-11H2,1-4H3. The van der Waals surface area contributed by atoms with E-state index in [4.69, 9.17) is 9.47 Å². The van der Waals surface area contributed by atoms with Gasteiger partial charge in [-0.25, -0.2) is 0 Å². The molecule has 1 heterocycles. The Bertz CT molecular complexity index is 501. The van der Waals surface area contributed by atoms with Gasteiger partial charge in [-0.05, 0) is 39.3 Å². The number of ether oxygens (including phenoxy) is 2. The van der Waals surface area contributed by atoms with Gasteiger partial charge in [0.05, 0.1) is 31.8 Å². The molecule has 116 valence electrons. The van der Waals surface area contributed by atoms with Gasteiger partial charge in [0.2, 0.25) is 5.91 Å². The van der Waals surface area contributed by atoms with E-state index in [0.29, 0.717) is 26.2 Å². The molecular formula is C17H25NO3. The summed E-state index contributed by atoms with van der Waals surface area (Å²) in [6, 6.07) is 6.22. The maximum atomic E-state index is 12.3. The lowest BCUT2D eigenvalue weighted by Crippen LogP contribution is -2.50. The second kappa shape index (κ2) is 6.94. The van der Waals surface area contributed by atoms with E-state index in [0.717, 1.165) is 11.3 Å². The molecule has 0 bridgehead atoms. The van der Waals surface area contributed by atoms with E-state index >= 15 is 0 Å². The van der Waals surface area contributed by atoms with E-state index in [2.05, 4.69) is 13.0 Å². The summed E-state index contributed by atoms with van der Waals surface area (Å²) in [5.41, 5.74) is 2.32. The summed E-state index contributed by atoms with van der Waals surface area (Å²) in [4.78, 5) is 14.2. The highest BCUT2D eigenvalue weighted by Crippen LogP contribution is 2.19. The number of nitrogens with zero attached hydrogens (tertiary/aromatic N) is 1. The smallest absolute Gasteiger partial charge is 0.226 e. The highest BCUT2D eigenvalue weighted by atomic mass is 16.5. The summed E-state index contributed by atoms with van der Waals surface area (Å²) in [6.07, 6.45) is 0.523. The second-order valence-corrected chi connectivity index (χ2v) is 5.91. The molecule has 1 fully saturated rings. The van der Waals surface area contributed by atoms with Crippen LogP contribution in [0.1, 0.15) is 31.4 Å². The van der Waals surface area contributed by atoms with Crippen molar-refractivity contribution in [2.45, 2.75) is 46.3 Å². The first-order valence-corrected chi connectivity index (χ1v) is 7.58. The highest BCUT2D eigenvalue weighted by molar-refractivity contribution is 5.76. The zero-order valence-corrected chi connectivity index (χ0v) is 13.4. The molecule has 1 aromatic rings. The van der Waals surface area contributed by atoms with Crippen LogP contribution in [0, 0.1) is 13.8 Å². The van der Waals surface area contributed by atoms with Crippen molar-refractivity contribution >= 4 is 5.91 Å². The molecule has 1 amide bonds. The average molecular weight is 291 g/mol. The van der Waals surface area contributed by atoms with Gasteiger partial charge >= 0.3 is 0 Å². The van der Waals surface area contributed by atoms with Crippen molar-refractivity contribution < 1.29 is 14.3 Å². The molecule has 2 unspecified atom stereocenters. The van der Waals surface area contributed by atoms with Crippen molar-refractivity contribution in [3.63, 3.8) is 0 Å². The normalized spacial score (nSPS) is 22.2. The van der Waals surface area contributed by atoms with Crippen LogP contribution in [0.15, 0.2) is 18.2 Å². The van der Waals surface area contributed by atoms with Crippen LogP contribution in [0.3, 0.4) is 0 Å². The third-order valence-electron chi connectivity index (χ3n) is 3.83. The lowest BCUT2D eigenvalue weighted by molar-refractivity contribution is -0.143. The number of amides is 1. The van der Waals surface area contributed by atoms with Gasteiger partial charge in [0.1, 0.15) is 5.75 Å². The maximum Gasteiger partial charge on any atom is 0.226 e. The Kier molecular flexibility index (Phi) is 5.23. The van der Waals surface area contributed by atoms with Gasteiger partial charge in [0.15, 0.2) is 0 Å². The predicted octanol–water partition coefficient (Wildman–Crippen LogP) is 2.71. The Morgan fingerprint density at radius 1 is 1.38 bits per heavy atom. The first-order chi connectivity index (χ1) is 9.97. The van der Waals surface area contributed by atoms with Crippen LogP contribution in [0.4, 0.5) is 0 Å². The summed E-state index contributed by atoms with van der Waals surface area (Å²) in [7, 11) is 0. The Morgan fingerprint density at radius 2 is 2.14 bits per heavy atom. The third-order valence-corrected chi connectivity index (χ3v) is 3.83. The quantitative estimate of drug-likeness (QED) is 0.856. The molecule has 1 aromatic carbocycles. The summed E-state index contributed by atoms with van der Waals surface area (Å²) >= 11 is 0. The van der Waals surface area contributed by atoms with Crippen molar-refractivity contribution in [2.75, 3.05) is 19.8 Å². The molecule has 0 aromatic heterocycles. The van der Waals surface area contributed by atoms with Crippen LogP contribution in [-0.4, -0.2) is 42.7 Å². The van der Waals surface area contributed by atoms with Crippen LogP contribution in [0.25, 0.3) is 0 Å². The number of carbonyl (C=O) groups is 1. The minimum absolute atomic E-state index is 0.116. The van der Waals surface area contributed by atoms with Gasteiger partial charge in [0.25, 0.3) is 0 Å². The Labute approximate surface area is 127 Å². The molecule has 2 atom stereocenters. The van der Waals surface area contributed by atoms with Crippen molar-refractivity contribution in [3.05, 3.63) is 29.3 Å². The van der Waals surface area contributed by atoms with Crippen LogP contribution in [-0.2, 0) is 9.53 Å². The van der Waals surface area contributed by atoms with Crippen LogP contribution < -0.4 is 4.74 Å². The van der Waals surface area contributed by atoms with Crippen molar-refractivity contribution in [1.82, 2.24) is 4.90 Å². The average Bonchev–Trinajstić information content (AvgIpc) is 2.43. The minimum Gasteiger partial charge on any atom is -0.493 e. The highest BCUT2D eigenvalue weighted by Gasteiger charge is 2.27. The van der Waals surface area contributed by atoms with Crippen molar-refractivity contribution in [3.8, 4) is 5.75 Å². The molecule has 2 rings (SSSR count). The molecule has 0 radical (unpaired) electrons. The minimum atomic E-state index is 0.116. The number of aryl methyl sites for hydroxylation is 2. The maximum absolute atomic E-state index is 12.3. The number of hydrogen-bond donors (Lipinski definition) is 0. The number of benzene rings is 1.